The fraction of sp³-hybridized carbons (Fsp3) is 0.538. The van der Waals surface area contributed by atoms with E-state index in [-0.39, 0.29) is 23.5 Å². The lowest BCUT2D eigenvalue weighted by Crippen LogP contribution is -2.39. The molecule has 0 aliphatic heterocycles. The van der Waals surface area contributed by atoms with Crippen molar-refractivity contribution in [3.05, 3.63) is 28.0 Å². The lowest BCUT2D eigenvalue weighted by atomic mass is 9.83. The molecule has 0 saturated heterocycles. The predicted molar refractivity (Wildman–Crippen MR) is 71.2 cm³/mol. The molecule has 1 rings (SSSR count). The van der Waals surface area contributed by atoms with Crippen LogP contribution in [0.2, 0.25) is 0 Å². The monoisotopic (exact) mass is 268 g/mol. The molecule has 0 aliphatic carbocycles. The average molecular weight is 268 g/mol. The van der Waals surface area contributed by atoms with Crippen molar-refractivity contribution in [3.8, 4) is 5.88 Å². The zero-order valence-electron chi connectivity index (χ0n) is 11.2. The van der Waals surface area contributed by atoms with E-state index in [2.05, 4.69) is 10.3 Å². The normalized spacial score (nSPS) is 11.3. The molecule has 1 aromatic heterocycles. The number of amides is 1. The largest absolute Gasteiger partial charge is 0.494 e. The summed E-state index contributed by atoms with van der Waals surface area (Å²) in [5.41, 5.74) is -0.788. The van der Waals surface area contributed by atoms with E-state index < -0.39 is 11.5 Å². The molecule has 0 aliphatic rings. The Balaban J connectivity index is 2.77. The summed E-state index contributed by atoms with van der Waals surface area (Å²) in [7, 11) is 0. The van der Waals surface area contributed by atoms with Crippen molar-refractivity contribution in [1.29, 1.82) is 0 Å². The zero-order chi connectivity index (χ0) is 14.5. The van der Waals surface area contributed by atoms with Gasteiger partial charge in [0.1, 0.15) is 0 Å². The zero-order valence-corrected chi connectivity index (χ0v) is 11.2. The summed E-state index contributed by atoms with van der Waals surface area (Å²) in [5.74, 6) is -0.793. The van der Waals surface area contributed by atoms with Crippen LogP contribution in [-0.4, -0.2) is 34.3 Å². The average Bonchev–Trinajstić information content (AvgIpc) is 2.39. The predicted octanol–water partition coefficient (Wildman–Crippen LogP) is 0.609. The quantitative estimate of drug-likeness (QED) is 0.607. The molecule has 106 valence electrons. The maximum atomic E-state index is 11.9. The van der Waals surface area contributed by atoms with Crippen molar-refractivity contribution in [3.63, 3.8) is 0 Å². The first-order chi connectivity index (χ1) is 8.96. The number of hydrogen-bond donors (Lipinski definition) is 4. The number of pyridine rings is 1. The Kier molecular flexibility index (Phi) is 5.11. The topological polar surface area (TPSA) is 102 Å². The maximum absolute atomic E-state index is 11.9. The van der Waals surface area contributed by atoms with E-state index in [9.17, 15) is 19.8 Å². The van der Waals surface area contributed by atoms with Gasteiger partial charge in [-0.15, -0.1) is 0 Å². The molecule has 1 amide bonds. The molecule has 6 nitrogen and oxygen atoms in total. The molecule has 0 bridgehead atoms. The highest BCUT2D eigenvalue weighted by Crippen LogP contribution is 2.24. The van der Waals surface area contributed by atoms with Crippen LogP contribution >= 0.6 is 0 Å². The van der Waals surface area contributed by atoms with Crippen molar-refractivity contribution in [2.45, 2.75) is 26.7 Å². The number of rotatable bonds is 6. The summed E-state index contributed by atoms with van der Waals surface area (Å²) in [6.07, 6.45) is 1.47. The molecular weight excluding hydrogens is 248 g/mol. The standard InChI is InChI=1S/C13H20N2O4/c1-3-13(4-2,8-16)7-14-12(19)9-5-10(17)15-11(18)6-9/h5-6,16H,3-4,7-8H2,1-2H3,(H,14,19)(H2,15,17,18). The van der Waals surface area contributed by atoms with Crippen LogP contribution in [0, 0.1) is 5.41 Å². The third-order valence-electron chi connectivity index (χ3n) is 3.55. The Hall–Kier alpha value is -1.82. The number of carbonyl (C=O) groups excluding carboxylic acids is 1. The number of aromatic amines is 1. The summed E-state index contributed by atoms with van der Waals surface area (Å²) in [6, 6.07) is 2.31. The number of aromatic nitrogens is 1. The van der Waals surface area contributed by atoms with Crippen molar-refractivity contribution in [1.82, 2.24) is 10.3 Å². The number of aromatic hydroxyl groups is 1. The van der Waals surface area contributed by atoms with Gasteiger partial charge in [0.2, 0.25) is 0 Å². The number of carbonyl (C=O) groups is 1. The van der Waals surface area contributed by atoms with Crippen LogP contribution in [0.1, 0.15) is 37.0 Å². The lowest BCUT2D eigenvalue weighted by Gasteiger charge is -2.29. The fourth-order valence-electron chi connectivity index (χ4n) is 1.81. The molecule has 0 radical (unpaired) electrons. The summed E-state index contributed by atoms with van der Waals surface area (Å²) in [4.78, 5) is 25.2. The van der Waals surface area contributed by atoms with Crippen LogP contribution in [0.15, 0.2) is 16.9 Å². The third-order valence-corrected chi connectivity index (χ3v) is 3.55. The van der Waals surface area contributed by atoms with Crippen molar-refractivity contribution in [2.75, 3.05) is 13.2 Å². The van der Waals surface area contributed by atoms with Gasteiger partial charge in [-0.2, -0.15) is 0 Å². The Bertz CT molecular complexity index is 483. The van der Waals surface area contributed by atoms with Crippen LogP contribution in [0.5, 0.6) is 5.88 Å². The van der Waals surface area contributed by atoms with E-state index in [4.69, 9.17) is 0 Å². The first kappa shape index (κ1) is 15.2. The van der Waals surface area contributed by atoms with Crippen LogP contribution in [0.3, 0.4) is 0 Å². The van der Waals surface area contributed by atoms with Crippen LogP contribution in [0.4, 0.5) is 0 Å². The Morgan fingerprint density at radius 1 is 1.37 bits per heavy atom. The van der Waals surface area contributed by atoms with Crippen LogP contribution < -0.4 is 10.9 Å². The Morgan fingerprint density at radius 2 is 2.00 bits per heavy atom. The molecule has 0 spiro atoms. The molecule has 0 atom stereocenters. The molecule has 1 aromatic rings. The second-order valence-corrected chi connectivity index (χ2v) is 4.67. The molecule has 1 heterocycles. The summed E-state index contributed by atoms with van der Waals surface area (Å²) in [5, 5.41) is 21.3. The van der Waals surface area contributed by atoms with Gasteiger partial charge < -0.3 is 15.5 Å². The van der Waals surface area contributed by atoms with Crippen LogP contribution in [-0.2, 0) is 0 Å². The minimum Gasteiger partial charge on any atom is -0.494 e. The van der Waals surface area contributed by atoms with E-state index >= 15 is 0 Å². The van der Waals surface area contributed by atoms with Gasteiger partial charge in [0.25, 0.3) is 11.5 Å². The summed E-state index contributed by atoms with van der Waals surface area (Å²) < 4.78 is 0. The maximum Gasteiger partial charge on any atom is 0.251 e. The van der Waals surface area contributed by atoms with Gasteiger partial charge in [-0.25, -0.2) is 0 Å². The SMILES string of the molecule is CCC(CC)(CO)CNC(=O)c1cc(O)[nH]c(=O)c1. The smallest absolute Gasteiger partial charge is 0.251 e. The second kappa shape index (κ2) is 6.38. The van der Waals surface area contributed by atoms with Gasteiger partial charge in [-0.3, -0.25) is 14.6 Å². The van der Waals surface area contributed by atoms with Crippen LogP contribution in [0.25, 0.3) is 0 Å². The minimum atomic E-state index is -0.537. The first-order valence-electron chi connectivity index (χ1n) is 6.28. The molecule has 19 heavy (non-hydrogen) atoms. The van der Waals surface area contributed by atoms with Crippen molar-refractivity contribution < 1.29 is 15.0 Å². The molecule has 0 unspecified atom stereocenters. The molecular formula is C13H20N2O4. The van der Waals surface area contributed by atoms with Gasteiger partial charge >= 0.3 is 0 Å². The first-order valence-corrected chi connectivity index (χ1v) is 6.28. The lowest BCUT2D eigenvalue weighted by molar-refractivity contribution is 0.0850. The highest BCUT2D eigenvalue weighted by Gasteiger charge is 2.26. The third kappa shape index (κ3) is 3.82. The number of nitrogens with one attached hydrogen (secondary N) is 2. The van der Waals surface area contributed by atoms with Crippen molar-refractivity contribution >= 4 is 5.91 Å². The number of aliphatic hydroxyl groups is 1. The van der Waals surface area contributed by atoms with Crippen molar-refractivity contribution in [2.24, 2.45) is 5.41 Å². The number of aliphatic hydroxyl groups excluding tert-OH is 1. The van der Waals surface area contributed by atoms with Gasteiger partial charge in [0.05, 0.1) is 12.2 Å². The minimum absolute atomic E-state index is 0.0130. The summed E-state index contributed by atoms with van der Waals surface area (Å²) in [6.45, 7) is 4.21. The fourth-order valence-corrected chi connectivity index (χ4v) is 1.81. The molecule has 4 N–H and O–H groups in total. The molecule has 6 heteroatoms. The van der Waals surface area contributed by atoms with E-state index in [1.54, 1.807) is 0 Å². The Morgan fingerprint density at radius 3 is 2.47 bits per heavy atom. The van der Waals surface area contributed by atoms with E-state index in [0.717, 1.165) is 18.9 Å². The molecule has 0 saturated carbocycles. The van der Waals surface area contributed by atoms with Gasteiger partial charge in [0.15, 0.2) is 5.88 Å². The second-order valence-electron chi connectivity index (χ2n) is 4.67. The number of H-pyrrole nitrogens is 1. The summed E-state index contributed by atoms with van der Waals surface area (Å²) >= 11 is 0. The number of hydrogen-bond acceptors (Lipinski definition) is 4. The molecule has 0 fully saturated rings. The Labute approximate surface area is 111 Å². The molecule has 0 aromatic carbocycles. The highest BCUT2D eigenvalue weighted by molar-refractivity contribution is 5.94. The van der Waals surface area contributed by atoms with E-state index in [1.165, 1.54) is 6.07 Å². The van der Waals surface area contributed by atoms with E-state index in [1.807, 2.05) is 13.8 Å². The van der Waals surface area contributed by atoms with E-state index in [0.29, 0.717) is 6.54 Å². The van der Waals surface area contributed by atoms with Gasteiger partial charge in [-0.05, 0) is 12.8 Å². The highest BCUT2D eigenvalue weighted by atomic mass is 16.3. The van der Waals surface area contributed by atoms with Gasteiger partial charge in [-0.1, -0.05) is 13.8 Å². The van der Waals surface area contributed by atoms with Gasteiger partial charge in [0, 0.05) is 24.1 Å².